The Balaban J connectivity index is 1.84. The summed E-state index contributed by atoms with van der Waals surface area (Å²) in [6, 6.07) is 2.96. The van der Waals surface area contributed by atoms with Gasteiger partial charge < -0.3 is 5.32 Å². The normalized spacial score (nSPS) is 21.8. The van der Waals surface area contributed by atoms with Crippen LogP contribution in [0.3, 0.4) is 0 Å². The summed E-state index contributed by atoms with van der Waals surface area (Å²) in [4.78, 5) is 5.60. The third-order valence-electron chi connectivity index (χ3n) is 4.38. The lowest BCUT2D eigenvalue weighted by Crippen LogP contribution is -2.29. The fourth-order valence-corrected chi connectivity index (χ4v) is 4.24. The highest BCUT2D eigenvalue weighted by Gasteiger charge is 2.27. The van der Waals surface area contributed by atoms with Gasteiger partial charge in [0.25, 0.3) is 0 Å². The van der Waals surface area contributed by atoms with Crippen molar-refractivity contribution in [3.63, 3.8) is 0 Å². The molecule has 1 saturated heterocycles. The second-order valence-electron chi connectivity index (χ2n) is 6.75. The maximum absolute atomic E-state index is 3.62. The van der Waals surface area contributed by atoms with Gasteiger partial charge in [-0.15, -0.1) is 11.3 Å². The molecule has 3 heteroatoms. The van der Waals surface area contributed by atoms with Crippen LogP contribution in [-0.2, 0) is 0 Å². The molecule has 2 unspecified atom stereocenters. The van der Waals surface area contributed by atoms with Crippen molar-refractivity contribution in [1.82, 2.24) is 10.2 Å². The maximum atomic E-state index is 3.62. The summed E-state index contributed by atoms with van der Waals surface area (Å²) in [5, 5.41) is 3.62. The third kappa shape index (κ3) is 4.06. The SMILES string of the molecule is Cc1cc(C(C)N2CCC(CNCC(C)C)C2)c(C)s1. The number of hydrogen-bond donors (Lipinski definition) is 1. The van der Waals surface area contributed by atoms with Crippen molar-refractivity contribution < 1.29 is 0 Å². The van der Waals surface area contributed by atoms with Crippen LogP contribution < -0.4 is 5.32 Å². The van der Waals surface area contributed by atoms with Crippen LogP contribution in [0.5, 0.6) is 0 Å². The number of nitrogens with zero attached hydrogens (tertiary/aromatic N) is 1. The van der Waals surface area contributed by atoms with E-state index in [2.05, 4.69) is 50.9 Å². The van der Waals surface area contributed by atoms with Crippen LogP contribution in [0.4, 0.5) is 0 Å². The first-order chi connectivity index (χ1) is 9.47. The highest BCUT2D eigenvalue weighted by atomic mass is 32.1. The van der Waals surface area contributed by atoms with E-state index in [9.17, 15) is 0 Å². The second-order valence-corrected chi connectivity index (χ2v) is 8.21. The minimum Gasteiger partial charge on any atom is -0.316 e. The third-order valence-corrected chi connectivity index (χ3v) is 5.36. The van der Waals surface area contributed by atoms with E-state index in [4.69, 9.17) is 0 Å². The number of nitrogens with one attached hydrogen (secondary N) is 1. The molecule has 0 spiro atoms. The molecule has 1 aliphatic heterocycles. The largest absolute Gasteiger partial charge is 0.316 e. The van der Waals surface area contributed by atoms with Crippen LogP contribution in [0.15, 0.2) is 6.07 Å². The fraction of sp³-hybridized carbons (Fsp3) is 0.765. The average molecular weight is 295 g/mol. The first-order valence-corrected chi connectivity index (χ1v) is 8.80. The van der Waals surface area contributed by atoms with E-state index in [1.54, 1.807) is 5.56 Å². The number of likely N-dealkylation sites (tertiary alicyclic amines) is 1. The zero-order valence-electron chi connectivity index (χ0n) is 13.7. The van der Waals surface area contributed by atoms with Crippen molar-refractivity contribution in [3.05, 3.63) is 21.4 Å². The van der Waals surface area contributed by atoms with Gasteiger partial charge in [-0.05, 0) is 70.3 Å². The van der Waals surface area contributed by atoms with Gasteiger partial charge in [0.15, 0.2) is 0 Å². The van der Waals surface area contributed by atoms with Crippen LogP contribution >= 0.6 is 11.3 Å². The first-order valence-electron chi connectivity index (χ1n) is 7.99. The van der Waals surface area contributed by atoms with E-state index in [1.165, 1.54) is 35.8 Å². The molecule has 0 radical (unpaired) electrons. The summed E-state index contributed by atoms with van der Waals surface area (Å²) < 4.78 is 0. The second kappa shape index (κ2) is 7.06. The Morgan fingerprint density at radius 2 is 2.10 bits per heavy atom. The smallest absolute Gasteiger partial charge is 0.0331 e. The van der Waals surface area contributed by atoms with Crippen LogP contribution in [0.2, 0.25) is 0 Å². The summed E-state index contributed by atoms with van der Waals surface area (Å²) in [5.74, 6) is 1.58. The van der Waals surface area contributed by atoms with Crippen molar-refractivity contribution in [2.45, 2.75) is 47.1 Å². The molecule has 1 aromatic rings. The molecule has 0 bridgehead atoms. The van der Waals surface area contributed by atoms with Crippen LogP contribution in [0.1, 0.15) is 48.6 Å². The van der Waals surface area contributed by atoms with E-state index in [-0.39, 0.29) is 0 Å². The van der Waals surface area contributed by atoms with Crippen molar-refractivity contribution in [2.75, 3.05) is 26.2 Å². The molecule has 1 N–H and O–H groups in total. The molecule has 20 heavy (non-hydrogen) atoms. The van der Waals surface area contributed by atoms with Gasteiger partial charge >= 0.3 is 0 Å². The van der Waals surface area contributed by atoms with E-state index in [1.807, 2.05) is 11.3 Å². The van der Waals surface area contributed by atoms with E-state index in [0.717, 1.165) is 18.4 Å². The number of hydrogen-bond acceptors (Lipinski definition) is 3. The number of aryl methyl sites for hydroxylation is 2. The monoisotopic (exact) mass is 294 g/mol. The summed E-state index contributed by atoms with van der Waals surface area (Å²) in [6.07, 6.45) is 1.34. The van der Waals surface area contributed by atoms with Crippen molar-refractivity contribution >= 4 is 11.3 Å². The van der Waals surface area contributed by atoms with Gasteiger partial charge in [0.1, 0.15) is 0 Å². The predicted octanol–water partition coefficient (Wildman–Crippen LogP) is 3.99. The van der Waals surface area contributed by atoms with E-state index < -0.39 is 0 Å². The minimum absolute atomic E-state index is 0.579. The molecule has 2 nitrogen and oxygen atoms in total. The minimum atomic E-state index is 0.579. The Labute approximate surface area is 128 Å². The number of thiophene rings is 1. The lowest BCUT2D eigenvalue weighted by Gasteiger charge is -2.24. The van der Waals surface area contributed by atoms with Gasteiger partial charge in [0.05, 0.1) is 0 Å². The lowest BCUT2D eigenvalue weighted by atomic mass is 10.1. The van der Waals surface area contributed by atoms with Crippen molar-refractivity contribution in [1.29, 1.82) is 0 Å². The molecule has 0 aliphatic carbocycles. The van der Waals surface area contributed by atoms with Gasteiger partial charge in [-0.25, -0.2) is 0 Å². The lowest BCUT2D eigenvalue weighted by molar-refractivity contribution is 0.251. The van der Waals surface area contributed by atoms with Crippen LogP contribution in [0.25, 0.3) is 0 Å². The summed E-state index contributed by atoms with van der Waals surface area (Å²) >= 11 is 1.94. The Morgan fingerprint density at radius 1 is 1.35 bits per heavy atom. The predicted molar refractivity (Wildman–Crippen MR) is 89.6 cm³/mol. The molecule has 2 rings (SSSR count). The van der Waals surface area contributed by atoms with Crippen molar-refractivity contribution in [3.8, 4) is 0 Å². The zero-order chi connectivity index (χ0) is 14.7. The molecular weight excluding hydrogens is 264 g/mol. The standard InChI is InChI=1S/C17H30N2S/c1-12(2)9-18-10-16-6-7-19(11-16)14(4)17-8-13(3)20-15(17)5/h8,12,14,16,18H,6-7,9-11H2,1-5H3. The maximum Gasteiger partial charge on any atom is 0.0331 e. The molecule has 1 fully saturated rings. The van der Waals surface area contributed by atoms with Gasteiger partial charge in [-0.2, -0.15) is 0 Å². The molecule has 0 aromatic carbocycles. The molecule has 2 atom stereocenters. The van der Waals surface area contributed by atoms with Gasteiger partial charge in [-0.3, -0.25) is 4.90 Å². The molecule has 0 saturated carbocycles. The number of rotatable bonds is 6. The molecule has 1 aromatic heterocycles. The molecule has 1 aliphatic rings. The van der Waals surface area contributed by atoms with E-state index in [0.29, 0.717) is 6.04 Å². The summed E-state index contributed by atoms with van der Waals surface area (Å²) in [5.41, 5.74) is 1.54. The quantitative estimate of drug-likeness (QED) is 0.853. The van der Waals surface area contributed by atoms with Crippen LogP contribution in [0, 0.1) is 25.7 Å². The Hall–Kier alpha value is -0.380. The molecule has 0 amide bonds. The van der Waals surface area contributed by atoms with Gasteiger partial charge in [0.2, 0.25) is 0 Å². The Kier molecular flexibility index (Phi) is 5.65. The first kappa shape index (κ1) is 16.0. The van der Waals surface area contributed by atoms with Gasteiger partial charge in [-0.1, -0.05) is 13.8 Å². The molecule has 114 valence electrons. The van der Waals surface area contributed by atoms with Gasteiger partial charge in [0, 0.05) is 22.3 Å². The van der Waals surface area contributed by atoms with Crippen molar-refractivity contribution in [2.24, 2.45) is 11.8 Å². The topological polar surface area (TPSA) is 15.3 Å². The van der Waals surface area contributed by atoms with Crippen LogP contribution in [-0.4, -0.2) is 31.1 Å². The summed E-state index contributed by atoms with van der Waals surface area (Å²) in [6.45, 7) is 16.2. The highest BCUT2D eigenvalue weighted by molar-refractivity contribution is 7.12. The Bertz CT molecular complexity index is 425. The molecular formula is C17H30N2S. The average Bonchev–Trinajstić information content (AvgIpc) is 2.95. The van der Waals surface area contributed by atoms with E-state index >= 15 is 0 Å². The highest BCUT2D eigenvalue weighted by Crippen LogP contribution is 2.32. The summed E-state index contributed by atoms with van der Waals surface area (Å²) in [7, 11) is 0. The molecule has 2 heterocycles. The zero-order valence-corrected chi connectivity index (χ0v) is 14.5. The fourth-order valence-electron chi connectivity index (χ4n) is 3.22. The Morgan fingerprint density at radius 3 is 2.70 bits per heavy atom.